The standard InChI is InChI=1S/C11H19N6O4/c1-11(2,17(19)20)16(18)13-10-9(14-21-15-10)12-8-6-4-3-5-7-8/h8H,3-7H2,1-2H3,(H,12,14)(H,13,15,18)/q+1. The van der Waals surface area contributed by atoms with Crippen LogP contribution >= 0.6 is 0 Å². The molecule has 116 valence electrons. The van der Waals surface area contributed by atoms with Crippen molar-refractivity contribution in [1.82, 2.24) is 10.3 Å². The molecule has 1 saturated carbocycles. The monoisotopic (exact) mass is 299 g/mol. The Morgan fingerprint density at radius 1 is 1.19 bits per heavy atom. The number of aromatic nitrogens is 2. The van der Waals surface area contributed by atoms with Gasteiger partial charge in [-0.15, -0.1) is 0 Å². The van der Waals surface area contributed by atoms with Crippen molar-refractivity contribution in [3.63, 3.8) is 0 Å². The van der Waals surface area contributed by atoms with Crippen LogP contribution in [0.3, 0.4) is 0 Å². The van der Waals surface area contributed by atoms with Crippen molar-refractivity contribution >= 4 is 11.6 Å². The lowest BCUT2D eigenvalue weighted by atomic mass is 9.95. The van der Waals surface area contributed by atoms with E-state index in [0.717, 1.165) is 25.7 Å². The van der Waals surface area contributed by atoms with Crippen molar-refractivity contribution in [2.24, 2.45) is 0 Å². The number of hydrazine groups is 1. The molecule has 10 heteroatoms. The third-order valence-electron chi connectivity index (χ3n) is 3.59. The second kappa shape index (κ2) is 6.02. The smallest absolute Gasteiger partial charge is 0.361 e. The van der Waals surface area contributed by atoms with E-state index in [2.05, 4.69) is 25.7 Å². The third kappa shape index (κ3) is 3.44. The summed E-state index contributed by atoms with van der Waals surface area (Å²) in [5.41, 5.74) is 0.476. The minimum absolute atomic E-state index is 0.0468. The number of nitro groups is 1. The summed E-state index contributed by atoms with van der Waals surface area (Å²) < 4.78 is 4.60. The van der Waals surface area contributed by atoms with Crippen LogP contribution in [-0.2, 0) is 0 Å². The fourth-order valence-electron chi connectivity index (χ4n) is 2.10. The van der Waals surface area contributed by atoms with Gasteiger partial charge in [0.05, 0.1) is 23.7 Å². The highest BCUT2D eigenvalue weighted by molar-refractivity contribution is 5.56. The molecule has 2 rings (SSSR count). The highest BCUT2D eigenvalue weighted by Gasteiger charge is 2.50. The van der Waals surface area contributed by atoms with E-state index in [0.29, 0.717) is 5.82 Å². The molecule has 0 radical (unpaired) electrons. The van der Waals surface area contributed by atoms with E-state index in [1.54, 1.807) is 0 Å². The Labute approximate surface area is 120 Å². The molecule has 21 heavy (non-hydrogen) atoms. The Balaban J connectivity index is 2.03. The van der Waals surface area contributed by atoms with Crippen LogP contribution in [0.1, 0.15) is 46.0 Å². The van der Waals surface area contributed by atoms with E-state index >= 15 is 0 Å². The van der Waals surface area contributed by atoms with Crippen LogP contribution in [0.15, 0.2) is 4.63 Å². The van der Waals surface area contributed by atoms with Crippen LogP contribution < -0.4 is 10.7 Å². The first-order valence-corrected chi connectivity index (χ1v) is 6.89. The van der Waals surface area contributed by atoms with E-state index in [9.17, 15) is 15.0 Å². The molecule has 1 aromatic rings. The van der Waals surface area contributed by atoms with E-state index < -0.39 is 10.6 Å². The maximum atomic E-state index is 11.8. The Bertz CT molecular complexity index is 523. The van der Waals surface area contributed by atoms with E-state index in [1.807, 2.05) is 0 Å². The molecule has 2 N–H and O–H groups in total. The topological polar surface area (TPSA) is 126 Å². The fourth-order valence-corrected chi connectivity index (χ4v) is 2.10. The molecular weight excluding hydrogens is 280 g/mol. The molecular formula is C11H19N6O4+. The van der Waals surface area contributed by atoms with E-state index in [-0.39, 0.29) is 16.7 Å². The molecule has 0 aliphatic heterocycles. The summed E-state index contributed by atoms with van der Waals surface area (Å²) in [4.78, 5) is 22.1. The Hall–Kier alpha value is -2.26. The number of nitrogens with one attached hydrogen (secondary N) is 2. The van der Waals surface area contributed by atoms with Crippen LogP contribution in [0.4, 0.5) is 11.6 Å². The number of nitroso groups, excluding NO2 is 1. The van der Waals surface area contributed by atoms with Crippen molar-refractivity contribution in [3.05, 3.63) is 15.0 Å². The quantitative estimate of drug-likeness (QED) is 0.353. The summed E-state index contributed by atoms with van der Waals surface area (Å²) in [7, 11) is 0. The van der Waals surface area contributed by atoms with Crippen molar-refractivity contribution in [2.75, 3.05) is 10.7 Å². The van der Waals surface area contributed by atoms with E-state index in [1.165, 1.54) is 20.3 Å². The van der Waals surface area contributed by atoms with Gasteiger partial charge in [0.2, 0.25) is 5.82 Å². The first-order chi connectivity index (χ1) is 9.91. The predicted molar refractivity (Wildman–Crippen MR) is 73.1 cm³/mol. The van der Waals surface area contributed by atoms with Crippen molar-refractivity contribution < 1.29 is 14.4 Å². The lowest BCUT2D eigenvalue weighted by Crippen LogP contribution is -2.45. The molecule has 0 atom stereocenters. The molecule has 1 aliphatic carbocycles. The summed E-state index contributed by atoms with van der Waals surface area (Å²) >= 11 is 0. The zero-order chi connectivity index (χ0) is 15.5. The maximum absolute atomic E-state index is 11.8. The number of anilines is 2. The Kier molecular flexibility index (Phi) is 4.34. The van der Waals surface area contributed by atoms with Gasteiger partial charge in [-0.05, 0) is 23.2 Å². The molecule has 0 bridgehead atoms. The summed E-state index contributed by atoms with van der Waals surface area (Å²) in [5, 5.41) is 21.3. The molecule has 1 fully saturated rings. The van der Waals surface area contributed by atoms with Gasteiger partial charge in [0.1, 0.15) is 0 Å². The van der Waals surface area contributed by atoms with Crippen molar-refractivity contribution in [1.29, 1.82) is 0 Å². The molecule has 0 saturated heterocycles. The van der Waals surface area contributed by atoms with Gasteiger partial charge < -0.3 is 5.32 Å². The average molecular weight is 299 g/mol. The van der Waals surface area contributed by atoms with Crippen molar-refractivity contribution in [2.45, 2.75) is 57.7 Å². The normalized spacial score (nSPS) is 16.5. The molecule has 0 aromatic carbocycles. The zero-order valence-electron chi connectivity index (χ0n) is 12.0. The lowest BCUT2D eigenvalue weighted by Gasteiger charge is -2.22. The number of hydrogen-bond donors (Lipinski definition) is 2. The second-order valence-electron chi connectivity index (χ2n) is 5.60. The number of hydrogen-bond acceptors (Lipinski definition) is 7. The molecule has 1 aromatic heterocycles. The van der Waals surface area contributed by atoms with Crippen LogP contribution in [0.25, 0.3) is 0 Å². The van der Waals surface area contributed by atoms with Crippen LogP contribution in [0, 0.1) is 15.0 Å². The second-order valence-corrected chi connectivity index (χ2v) is 5.60. The highest BCUT2D eigenvalue weighted by Crippen LogP contribution is 2.24. The molecule has 10 nitrogen and oxygen atoms in total. The summed E-state index contributed by atoms with van der Waals surface area (Å²) in [6, 6.07) is 0.245. The molecule has 0 spiro atoms. The van der Waals surface area contributed by atoms with Gasteiger partial charge in [0, 0.05) is 6.04 Å². The van der Waals surface area contributed by atoms with Gasteiger partial charge in [0.25, 0.3) is 5.82 Å². The van der Waals surface area contributed by atoms with Gasteiger partial charge in [0.15, 0.2) is 4.87 Å². The average Bonchev–Trinajstić information content (AvgIpc) is 2.87. The van der Waals surface area contributed by atoms with E-state index in [4.69, 9.17) is 0 Å². The molecule has 0 unspecified atom stereocenters. The summed E-state index contributed by atoms with van der Waals surface area (Å²) in [6.45, 7) is 2.38. The Morgan fingerprint density at radius 3 is 2.43 bits per heavy atom. The largest absolute Gasteiger partial charge is 0.472 e. The van der Waals surface area contributed by atoms with Gasteiger partial charge in [-0.1, -0.05) is 24.7 Å². The molecule has 1 heterocycles. The van der Waals surface area contributed by atoms with Crippen LogP contribution in [0.2, 0.25) is 0 Å². The van der Waals surface area contributed by atoms with Gasteiger partial charge in [-0.3, -0.25) is 10.1 Å². The first kappa shape index (κ1) is 15.1. The Morgan fingerprint density at radius 2 is 1.81 bits per heavy atom. The van der Waals surface area contributed by atoms with Gasteiger partial charge in [-0.25, -0.2) is 4.63 Å². The highest BCUT2D eigenvalue weighted by atomic mass is 16.6. The summed E-state index contributed by atoms with van der Waals surface area (Å²) in [5.74, 6) is 0.340. The zero-order valence-corrected chi connectivity index (χ0v) is 12.0. The SMILES string of the molecule is CC(C)([N+](=O)[O-])[N+](=O)Nc1nonc1NC1CCCCC1. The summed E-state index contributed by atoms with van der Waals surface area (Å²) in [6.07, 6.45) is 5.49. The molecule has 0 amide bonds. The van der Waals surface area contributed by atoms with Gasteiger partial charge in [-0.2, -0.15) is 0 Å². The third-order valence-corrected chi connectivity index (χ3v) is 3.59. The maximum Gasteiger partial charge on any atom is 0.472 e. The first-order valence-electron chi connectivity index (χ1n) is 6.89. The number of rotatable bonds is 6. The minimum Gasteiger partial charge on any atom is -0.361 e. The van der Waals surface area contributed by atoms with Crippen LogP contribution in [-0.4, -0.2) is 31.8 Å². The predicted octanol–water partition coefficient (Wildman–Crippen LogP) is 1.93. The van der Waals surface area contributed by atoms with Gasteiger partial charge >= 0.3 is 5.66 Å². The van der Waals surface area contributed by atoms with Crippen molar-refractivity contribution in [3.8, 4) is 0 Å². The fraction of sp³-hybridized carbons (Fsp3) is 0.818. The lowest BCUT2D eigenvalue weighted by molar-refractivity contribution is -0.801. The van der Waals surface area contributed by atoms with Crippen LogP contribution in [0.5, 0.6) is 0 Å². The number of nitrogens with zero attached hydrogens (tertiary/aromatic N) is 4. The minimum atomic E-state index is -1.83. The molecule has 1 aliphatic rings.